The number of imide groups is 1. The van der Waals surface area contributed by atoms with Crippen LogP contribution in [-0.4, -0.2) is 24.4 Å². The molecule has 1 N–H and O–H groups in total. The number of amides is 2. The van der Waals surface area contributed by atoms with Gasteiger partial charge in [-0.1, -0.05) is 19.1 Å². The van der Waals surface area contributed by atoms with Gasteiger partial charge >= 0.3 is 5.97 Å². The van der Waals surface area contributed by atoms with Crippen molar-refractivity contribution >= 4 is 23.9 Å². The van der Waals surface area contributed by atoms with Crippen molar-refractivity contribution < 1.29 is 23.5 Å². The van der Waals surface area contributed by atoms with Crippen molar-refractivity contribution in [3.05, 3.63) is 64.4 Å². The molecule has 1 aliphatic heterocycles. The van der Waals surface area contributed by atoms with E-state index in [-0.39, 0.29) is 11.1 Å². The van der Waals surface area contributed by atoms with E-state index in [0.29, 0.717) is 34.8 Å². The zero-order valence-corrected chi connectivity index (χ0v) is 15.9. The zero-order chi connectivity index (χ0) is 21.0. The van der Waals surface area contributed by atoms with Crippen LogP contribution < -0.4 is 5.32 Å². The van der Waals surface area contributed by atoms with E-state index in [0.717, 1.165) is 6.42 Å². The molecule has 0 bridgehead atoms. The number of carbonyl (C=O) groups excluding carboxylic acids is 3. The number of ether oxygens (including phenoxy) is 1. The molecule has 0 saturated carbocycles. The number of esters is 1. The summed E-state index contributed by atoms with van der Waals surface area (Å²) >= 11 is 0. The highest BCUT2D eigenvalue weighted by Crippen LogP contribution is 2.27. The van der Waals surface area contributed by atoms with Gasteiger partial charge in [0.25, 0.3) is 11.8 Å². The summed E-state index contributed by atoms with van der Waals surface area (Å²) in [5.41, 5.74) is 1.45. The molecule has 0 radical (unpaired) electrons. The van der Waals surface area contributed by atoms with Crippen molar-refractivity contribution in [1.29, 1.82) is 5.26 Å². The van der Waals surface area contributed by atoms with Gasteiger partial charge in [0.15, 0.2) is 0 Å². The largest absolute Gasteiger partial charge is 0.462 e. The second kappa shape index (κ2) is 8.40. The fraction of sp³-hybridized carbons (Fsp3) is 0.182. The van der Waals surface area contributed by atoms with E-state index < -0.39 is 17.8 Å². The van der Waals surface area contributed by atoms with Gasteiger partial charge in [-0.15, -0.1) is 0 Å². The summed E-state index contributed by atoms with van der Waals surface area (Å²) in [6, 6.07) is 12.0. The van der Waals surface area contributed by atoms with Gasteiger partial charge in [0, 0.05) is 11.1 Å². The highest BCUT2D eigenvalue weighted by molar-refractivity contribution is 6.19. The van der Waals surface area contributed by atoms with E-state index in [2.05, 4.69) is 5.32 Å². The van der Waals surface area contributed by atoms with Gasteiger partial charge in [-0.25, -0.2) is 4.79 Å². The molecule has 7 heteroatoms. The maximum absolute atomic E-state index is 12.1. The van der Waals surface area contributed by atoms with Crippen LogP contribution in [0.5, 0.6) is 0 Å². The van der Waals surface area contributed by atoms with Crippen molar-refractivity contribution in [3.8, 4) is 17.4 Å². The lowest BCUT2D eigenvalue weighted by atomic mass is 9.96. The normalized spacial score (nSPS) is 15.3. The highest BCUT2D eigenvalue weighted by atomic mass is 16.5. The molecule has 146 valence electrons. The van der Waals surface area contributed by atoms with E-state index in [9.17, 15) is 14.4 Å². The summed E-state index contributed by atoms with van der Waals surface area (Å²) in [6.07, 6.45) is 2.21. The molecule has 7 nitrogen and oxygen atoms in total. The molecule has 0 saturated heterocycles. The number of furan rings is 1. The SMILES string of the molecule is CCCOC(=O)c1cccc(-c2ccc(/C=C3/C(=O)NC(=O)C(C#N)=C3C)o2)c1. The lowest BCUT2D eigenvalue weighted by Gasteiger charge is -2.15. The number of nitrogens with zero attached hydrogens (tertiary/aromatic N) is 1. The molecule has 2 aromatic rings. The second-order valence-corrected chi connectivity index (χ2v) is 6.37. The first-order valence-corrected chi connectivity index (χ1v) is 9.00. The quantitative estimate of drug-likeness (QED) is 0.476. The van der Waals surface area contributed by atoms with Crippen LogP contribution in [0.15, 0.2) is 57.5 Å². The molecule has 2 amide bonds. The maximum Gasteiger partial charge on any atom is 0.338 e. The summed E-state index contributed by atoms with van der Waals surface area (Å²) in [5, 5.41) is 11.2. The first-order chi connectivity index (χ1) is 13.9. The van der Waals surface area contributed by atoms with Crippen LogP contribution in [0.2, 0.25) is 0 Å². The third kappa shape index (κ3) is 4.17. The van der Waals surface area contributed by atoms with Crippen LogP contribution in [0.1, 0.15) is 36.4 Å². The van der Waals surface area contributed by atoms with Gasteiger partial charge in [0.05, 0.1) is 12.2 Å². The fourth-order valence-electron chi connectivity index (χ4n) is 2.82. The van der Waals surface area contributed by atoms with Crippen LogP contribution in [0, 0.1) is 11.3 Å². The van der Waals surface area contributed by atoms with Crippen molar-refractivity contribution in [2.75, 3.05) is 6.61 Å². The first-order valence-electron chi connectivity index (χ1n) is 9.00. The van der Waals surface area contributed by atoms with E-state index in [1.165, 1.54) is 13.0 Å². The molecule has 29 heavy (non-hydrogen) atoms. The van der Waals surface area contributed by atoms with Crippen LogP contribution in [-0.2, 0) is 14.3 Å². The van der Waals surface area contributed by atoms with Gasteiger partial charge < -0.3 is 9.15 Å². The monoisotopic (exact) mass is 390 g/mol. The summed E-state index contributed by atoms with van der Waals surface area (Å²) in [6.45, 7) is 3.81. The molecule has 1 aromatic heterocycles. The number of hydrogen-bond acceptors (Lipinski definition) is 6. The van der Waals surface area contributed by atoms with Crippen molar-refractivity contribution in [2.45, 2.75) is 20.3 Å². The predicted molar refractivity (Wildman–Crippen MR) is 104 cm³/mol. The van der Waals surface area contributed by atoms with E-state index in [4.69, 9.17) is 14.4 Å². The van der Waals surface area contributed by atoms with Crippen LogP contribution >= 0.6 is 0 Å². The van der Waals surface area contributed by atoms with Gasteiger partial charge in [-0.2, -0.15) is 5.26 Å². The Morgan fingerprint density at radius 3 is 2.76 bits per heavy atom. The molecule has 0 spiro atoms. The molecule has 0 fully saturated rings. The Hall–Kier alpha value is -3.92. The Balaban J connectivity index is 1.90. The molecule has 3 rings (SSSR count). The lowest BCUT2D eigenvalue weighted by molar-refractivity contribution is -0.126. The van der Waals surface area contributed by atoms with Gasteiger partial charge in [0.2, 0.25) is 0 Å². The molecule has 2 heterocycles. The van der Waals surface area contributed by atoms with Crippen LogP contribution in [0.25, 0.3) is 17.4 Å². The Labute approximate surface area is 167 Å². The average Bonchev–Trinajstić information content (AvgIpc) is 3.18. The number of nitriles is 1. The number of benzene rings is 1. The minimum Gasteiger partial charge on any atom is -0.462 e. The lowest BCUT2D eigenvalue weighted by Crippen LogP contribution is -2.37. The summed E-state index contributed by atoms with van der Waals surface area (Å²) in [4.78, 5) is 35.9. The number of carbonyl (C=O) groups is 3. The fourth-order valence-corrected chi connectivity index (χ4v) is 2.82. The minimum atomic E-state index is -0.709. The Kier molecular flexibility index (Phi) is 5.74. The van der Waals surface area contributed by atoms with E-state index >= 15 is 0 Å². The van der Waals surface area contributed by atoms with Gasteiger partial charge in [-0.05, 0) is 49.3 Å². The molecular formula is C22H18N2O5. The number of nitrogens with one attached hydrogen (secondary N) is 1. The summed E-state index contributed by atoms with van der Waals surface area (Å²) in [7, 11) is 0. The molecule has 0 aliphatic carbocycles. The minimum absolute atomic E-state index is 0.110. The average molecular weight is 390 g/mol. The number of hydrogen-bond donors (Lipinski definition) is 1. The van der Waals surface area contributed by atoms with Gasteiger partial charge in [-0.3, -0.25) is 14.9 Å². The maximum atomic E-state index is 12.1. The van der Waals surface area contributed by atoms with Crippen molar-refractivity contribution in [3.63, 3.8) is 0 Å². The highest BCUT2D eigenvalue weighted by Gasteiger charge is 2.27. The third-order valence-corrected chi connectivity index (χ3v) is 4.32. The molecular weight excluding hydrogens is 372 g/mol. The smallest absolute Gasteiger partial charge is 0.338 e. The number of rotatable bonds is 5. The first kappa shape index (κ1) is 19.8. The predicted octanol–water partition coefficient (Wildman–Crippen LogP) is 3.39. The molecule has 0 unspecified atom stereocenters. The standard InChI is InChI=1S/C22H18N2O5/c1-3-9-28-22(27)15-6-4-5-14(10-15)19-8-7-16(29-19)11-17-13(2)18(12-23)21(26)24-20(17)25/h4-8,10-11H,3,9H2,1-2H3,(H,24,25,26)/b17-11+. The molecule has 1 aromatic carbocycles. The van der Waals surface area contributed by atoms with E-state index in [1.807, 2.05) is 6.92 Å². The summed E-state index contributed by atoms with van der Waals surface area (Å²) < 4.78 is 10.9. The van der Waals surface area contributed by atoms with Crippen LogP contribution in [0.4, 0.5) is 0 Å². The summed E-state index contributed by atoms with van der Waals surface area (Å²) in [5.74, 6) is -0.841. The van der Waals surface area contributed by atoms with Crippen molar-refractivity contribution in [2.24, 2.45) is 0 Å². The Morgan fingerprint density at radius 2 is 2.03 bits per heavy atom. The van der Waals surface area contributed by atoms with Gasteiger partial charge in [0.1, 0.15) is 23.2 Å². The third-order valence-electron chi connectivity index (χ3n) is 4.32. The topological polar surface area (TPSA) is 109 Å². The Bertz CT molecular complexity index is 1100. The van der Waals surface area contributed by atoms with E-state index in [1.54, 1.807) is 42.5 Å². The second-order valence-electron chi connectivity index (χ2n) is 6.37. The van der Waals surface area contributed by atoms with Crippen molar-refractivity contribution in [1.82, 2.24) is 5.32 Å². The van der Waals surface area contributed by atoms with Crippen LogP contribution in [0.3, 0.4) is 0 Å². The zero-order valence-electron chi connectivity index (χ0n) is 15.9. The molecule has 0 atom stereocenters. The Morgan fingerprint density at radius 1 is 1.24 bits per heavy atom. The molecule has 1 aliphatic rings.